The van der Waals surface area contributed by atoms with Gasteiger partial charge in [-0.2, -0.15) is 0 Å². The van der Waals surface area contributed by atoms with Crippen LogP contribution >= 0.6 is 0 Å². The minimum atomic E-state index is -0.389. The number of carbonyl (C=O) groups excluding carboxylic acids is 2. The summed E-state index contributed by atoms with van der Waals surface area (Å²) >= 11 is 0. The number of carbonyl (C=O) groups is 2. The van der Waals surface area contributed by atoms with Gasteiger partial charge in [-0.15, -0.1) is 0 Å². The average Bonchev–Trinajstić information content (AvgIpc) is 2.39. The van der Waals surface area contributed by atoms with Crippen LogP contribution in [0.15, 0.2) is 18.2 Å². The van der Waals surface area contributed by atoms with Crippen molar-refractivity contribution in [2.75, 3.05) is 18.5 Å². The fraction of sp³-hybridized carbons (Fsp3) is 0.429. The van der Waals surface area contributed by atoms with E-state index in [1.165, 1.54) is 0 Å². The third kappa shape index (κ3) is 4.62. The molecule has 0 heterocycles. The van der Waals surface area contributed by atoms with Crippen LogP contribution in [-0.4, -0.2) is 25.2 Å². The van der Waals surface area contributed by atoms with Crippen LogP contribution < -0.4 is 10.6 Å². The van der Waals surface area contributed by atoms with Gasteiger partial charge in [-0.3, -0.25) is 0 Å². The maximum atomic E-state index is 11.6. The molecule has 2 N–H and O–H groups in total. The van der Waals surface area contributed by atoms with Crippen molar-refractivity contribution >= 4 is 17.7 Å². The Labute approximate surface area is 113 Å². The van der Waals surface area contributed by atoms with Crippen molar-refractivity contribution in [2.45, 2.75) is 27.2 Å². The average molecular weight is 264 g/mol. The molecule has 1 aromatic carbocycles. The fourth-order valence-corrected chi connectivity index (χ4v) is 1.50. The molecule has 5 nitrogen and oxygen atoms in total. The van der Waals surface area contributed by atoms with Gasteiger partial charge in [0.15, 0.2) is 0 Å². The Morgan fingerprint density at radius 2 is 2.00 bits per heavy atom. The largest absolute Gasteiger partial charge is 0.462 e. The second-order valence-electron chi connectivity index (χ2n) is 4.13. The molecule has 0 saturated carbocycles. The van der Waals surface area contributed by atoms with Gasteiger partial charge in [0.2, 0.25) is 0 Å². The molecule has 0 aromatic heterocycles. The van der Waals surface area contributed by atoms with Crippen molar-refractivity contribution < 1.29 is 14.3 Å². The van der Waals surface area contributed by atoms with E-state index >= 15 is 0 Å². The highest BCUT2D eigenvalue weighted by Gasteiger charge is 2.10. The van der Waals surface area contributed by atoms with Crippen LogP contribution in [-0.2, 0) is 4.74 Å². The zero-order valence-corrected chi connectivity index (χ0v) is 11.6. The highest BCUT2D eigenvalue weighted by Crippen LogP contribution is 2.17. The van der Waals surface area contributed by atoms with Gasteiger partial charge in [0, 0.05) is 12.2 Å². The van der Waals surface area contributed by atoms with Crippen molar-refractivity contribution in [3.8, 4) is 0 Å². The Kier molecular flexibility index (Phi) is 5.85. The molecule has 0 fully saturated rings. The molecule has 104 valence electrons. The zero-order valence-electron chi connectivity index (χ0n) is 11.6. The Bertz CT molecular complexity index is 458. The second-order valence-corrected chi connectivity index (χ2v) is 4.13. The first-order chi connectivity index (χ1) is 9.08. The molecule has 1 aromatic rings. The van der Waals surface area contributed by atoms with Crippen molar-refractivity contribution in [3.63, 3.8) is 0 Å². The first kappa shape index (κ1) is 15.0. The summed E-state index contributed by atoms with van der Waals surface area (Å²) in [5.41, 5.74) is 1.93. The third-order valence-corrected chi connectivity index (χ3v) is 2.53. The molecule has 0 saturated heterocycles. The Morgan fingerprint density at radius 1 is 1.26 bits per heavy atom. The van der Waals surface area contributed by atoms with E-state index in [9.17, 15) is 9.59 Å². The van der Waals surface area contributed by atoms with E-state index < -0.39 is 0 Å². The summed E-state index contributed by atoms with van der Waals surface area (Å²) < 4.78 is 4.93. The summed E-state index contributed by atoms with van der Waals surface area (Å²) in [6.45, 7) is 6.54. The Balaban J connectivity index is 2.79. The molecule has 0 atom stereocenters. The van der Waals surface area contributed by atoms with Crippen LogP contribution in [0, 0.1) is 6.92 Å². The number of aryl methyl sites for hydroxylation is 1. The third-order valence-electron chi connectivity index (χ3n) is 2.53. The lowest BCUT2D eigenvalue weighted by molar-refractivity contribution is 0.0526. The first-order valence-electron chi connectivity index (χ1n) is 6.41. The number of amides is 2. The first-order valence-corrected chi connectivity index (χ1v) is 6.41. The number of ether oxygens (including phenoxy) is 1. The number of esters is 1. The fourth-order valence-electron chi connectivity index (χ4n) is 1.50. The summed E-state index contributed by atoms with van der Waals surface area (Å²) in [6.07, 6.45) is 0.870. The number of hydrogen-bond acceptors (Lipinski definition) is 3. The standard InChI is InChI=1S/C14H20N2O3/c1-4-8-15-14(18)16-12-9-11(7-6-10(12)3)13(17)19-5-2/h6-7,9H,4-5,8H2,1-3H3,(H2,15,16,18). The summed E-state index contributed by atoms with van der Waals surface area (Å²) in [5, 5.41) is 5.44. The van der Waals surface area contributed by atoms with Gasteiger partial charge < -0.3 is 15.4 Å². The van der Waals surface area contributed by atoms with Gasteiger partial charge in [-0.1, -0.05) is 13.0 Å². The molecule has 0 aliphatic rings. The molecule has 5 heteroatoms. The second kappa shape index (κ2) is 7.41. The van der Waals surface area contributed by atoms with E-state index in [0.29, 0.717) is 24.4 Å². The number of rotatable bonds is 5. The SMILES string of the molecule is CCCNC(=O)Nc1cc(C(=O)OCC)ccc1C. The number of benzene rings is 1. The molecule has 0 unspecified atom stereocenters. The predicted molar refractivity (Wildman–Crippen MR) is 74.4 cm³/mol. The lowest BCUT2D eigenvalue weighted by Crippen LogP contribution is -2.29. The van der Waals surface area contributed by atoms with Gasteiger partial charge in [0.1, 0.15) is 0 Å². The molecule has 0 radical (unpaired) electrons. The molecular weight excluding hydrogens is 244 g/mol. The molecule has 0 aliphatic carbocycles. The monoisotopic (exact) mass is 264 g/mol. The van der Waals surface area contributed by atoms with Crippen molar-refractivity contribution in [1.82, 2.24) is 5.32 Å². The molecule has 2 amide bonds. The van der Waals surface area contributed by atoms with Crippen molar-refractivity contribution in [1.29, 1.82) is 0 Å². The van der Waals surface area contributed by atoms with Gasteiger partial charge in [-0.25, -0.2) is 9.59 Å². The highest BCUT2D eigenvalue weighted by atomic mass is 16.5. The summed E-state index contributed by atoms with van der Waals surface area (Å²) in [7, 11) is 0. The Hall–Kier alpha value is -2.04. The van der Waals surface area contributed by atoms with Gasteiger partial charge in [-0.05, 0) is 38.0 Å². The topological polar surface area (TPSA) is 67.4 Å². The molecule has 19 heavy (non-hydrogen) atoms. The van der Waals surface area contributed by atoms with E-state index in [-0.39, 0.29) is 12.0 Å². The smallest absolute Gasteiger partial charge is 0.338 e. The van der Waals surface area contributed by atoms with Crippen LogP contribution in [0.4, 0.5) is 10.5 Å². The molecule has 0 bridgehead atoms. The maximum absolute atomic E-state index is 11.6. The summed E-state index contributed by atoms with van der Waals surface area (Å²) in [5.74, 6) is -0.389. The molecular formula is C14H20N2O3. The number of nitrogens with one attached hydrogen (secondary N) is 2. The Morgan fingerprint density at radius 3 is 2.63 bits per heavy atom. The molecule has 0 spiro atoms. The van der Waals surface area contributed by atoms with Gasteiger partial charge in [0.25, 0.3) is 0 Å². The van der Waals surface area contributed by atoms with E-state index in [4.69, 9.17) is 4.74 Å². The van der Waals surface area contributed by atoms with Crippen molar-refractivity contribution in [2.24, 2.45) is 0 Å². The van der Waals surface area contributed by atoms with Crippen LogP contribution in [0.25, 0.3) is 0 Å². The van der Waals surface area contributed by atoms with Crippen LogP contribution in [0.2, 0.25) is 0 Å². The maximum Gasteiger partial charge on any atom is 0.338 e. The lowest BCUT2D eigenvalue weighted by Gasteiger charge is -2.11. The summed E-state index contributed by atoms with van der Waals surface area (Å²) in [4.78, 5) is 23.2. The molecule has 1 rings (SSSR count). The van der Waals surface area contributed by atoms with E-state index in [1.807, 2.05) is 13.8 Å². The number of hydrogen-bond donors (Lipinski definition) is 2. The minimum Gasteiger partial charge on any atom is -0.462 e. The van der Waals surface area contributed by atoms with E-state index in [0.717, 1.165) is 12.0 Å². The highest BCUT2D eigenvalue weighted by molar-refractivity contribution is 5.94. The molecule has 0 aliphatic heterocycles. The zero-order chi connectivity index (χ0) is 14.3. The van der Waals surface area contributed by atoms with E-state index in [1.54, 1.807) is 25.1 Å². The van der Waals surface area contributed by atoms with Crippen LogP contribution in [0.3, 0.4) is 0 Å². The normalized spacial score (nSPS) is 9.84. The summed E-state index contributed by atoms with van der Waals surface area (Å²) in [6, 6.07) is 4.81. The van der Waals surface area contributed by atoms with Crippen molar-refractivity contribution in [3.05, 3.63) is 29.3 Å². The number of anilines is 1. The van der Waals surface area contributed by atoms with Crippen LogP contribution in [0.1, 0.15) is 36.2 Å². The number of urea groups is 1. The predicted octanol–water partition coefficient (Wildman–Crippen LogP) is 2.70. The lowest BCUT2D eigenvalue weighted by atomic mass is 10.1. The van der Waals surface area contributed by atoms with Gasteiger partial charge in [0.05, 0.1) is 12.2 Å². The van der Waals surface area contributed by atoms with Gasteiger partial charge >= 0.3 is 12.0 Å². The van der Waals surface area contributed by atoms with Crippen LogP contribution in [0.5, 0.6) is 0 Å². The quantitative estimate of drug-likeness (QED) is 0.803. The minimum absolute atomic E-state index is 0.272. The van der Waals surface area contributed by atoms with E-state index in [2.05, 4.69) is 10.6 Å².